The quantitative estimate of drug-likeness (QED) is 0.618. The minimum atomic E-state index is -1.27. The number of rotatable bonds is 7. The third kappa shape index (κ3) is 8.54. The van der Waals surface area contributed by atoms with Gasteiger partial charge in [0.2, 0.25) is 5.91 Å². The third-order valence-corrected chi connectivity index (χ3v) is 3.37. The number of hydrogen-bond donors (Lipinski definition) is 3. The summed E-state index contributed by atoms with van der Waals surface area (Å²) in [7, 11) is 0. The molecular weight excluding hydrogens is 352 g/mol. The predicted octanol–water partition coefficient (Wildman–Crippen LogP) is 1.51. The molecule has 1 aromatic rings. The first-order valence-corrected chi connectivity index (χ1v) is 8.68. The summed E-state index contributed by atoms with van der Waals surface area (Å²) in [5.74, 6) is -1.35. The Kier molecular flexibility index (Phi) is 8.24. The van der Waals surface area contributed by atoms with Gasteiger partial charge in [-0.25, -0.2) is 9.59 Å². The van der Waals surface area contributed by atoms with Crippen LogP contribution in [0.1, 0.15) is 40.2 Å². The Labute approximate surface area is 159 Å². The largest absolute Gasteiger partial charge is 0.459 e. The second-order valence-electron chi connectivity index (χ2n) is 7.19. The van der Waals surface area contributed by atoms with Crippen molar-refractivity contribution in [1.82, 2.24) is 10.6 Å². The van der Waals surface area contributed by atoms with Gasteiger partial charge in [-0.3, -0.25) is 4.79 Å². The van der Waals surface area contributed by atoms with E-state index in [0.29, 0.717) is 0 Å². The summed E-state index contributed by atoms with van der Waals surface area (Å²) in [6, 6.07) is 6.89. The van der Waals surface area contributed by atoms with Crippen LogP contribution in [0.5, 0.6) is 0 Å². The van der Waals surface area contributed by atoms with Gasteiger partial charge >= 0.3 is 12.1 Å². The smallest absolute Gasteiger partial charge is 0.408 e. The van der Waals surface area contributed by atoms with Crippen LogP contribution in [0.3, 0.4) is 0 Å². The summed E-state index contributed by atoms with van der Waals surface area (Å²) >= 11 is 0. The van der Waals surface area contributed by atoms with Crippen LogP contribution in [-0.2, 0) is 25.7 Å². The molecule has 27 heavy (non-hydrogen) atoms. The number of alkyl carbamates (subject to hydrolysis) is 1. The first kappa shape index (κ1) is 22.4. The van der Waals surface area contributed by atoms with E-state index in [-0.39, 0.29) is 6.61 Å². The van der Waals surface area contributed by atoms with E-state index in [0.717, 1.165) is 5.56 Å². The summed E-state index contributed by atoms with van der Waals surface area (Å²) in [6.45, 7) is 7.91. The van der Waals surface area contributed by atoms with Gasteiger partial charge in [-0.2, -0.15) is 0 Å². The molecule has 0 saturated heterocycles. The first-order chi connectivity index (χ1) is 12.5. The normalized spacial score (nSPS) is 14.4. The van der Waals surface area contributed by atoms with E-state index >= 15 is 0 Å². The summed E-state index contributed by atoms with van der Waals surface area (Å²) in [4.78, 5) is 36.2. The van der Waals surface area contributed by atoms with Gasteiger partial charge in [0.15, 0.2) is 0 Å². The van der Waals surface area contributed by atoms with Crippen molar-refractivity contribution < 1.29 is 29.0 Å². The van der Waals surface area contributed by atoms with Crippen LogP contribution in [-0.4, -0.2) is 46.9 Å². The molecule has 3 N–H and O–H groups in total. The van der Waals surface area contributed by atoms with E-state index in [1.165, 1.54) is 13.8 Å². The maximum Gasteiger partial charge on any atom is 0.408 e. The number of aliphatic hydroxyl groups excluding tert-OH is 1. The highest BCUT2D eigenvalue weighted by molar-refractivity contribution is 5.89. The highest BCUT2D eigenvalue weighted by atomic mass is 16.6. The zero-order valence-corrected chi connectivity index (χ0v) is 16.3. The third-order valence-electron chi connectivity index (χ3n) is 3.37. The second-order valence-corrected chi connectivity index (χ2v) is 7.19. The first-order valence-electron chi connectivity index (χ1n) is 8.68. The van der Waals surface area contributed by atoms with Gasteiger partial charge in [0, 0.05) is 0 Å². The fourth-order valence-corrected chi connectivity index (χ4v) is 2.06. The Hall–Kier alpha value is -2.61. The molecule has 0 aliphatic rings. The molecule has 2 amide bonds. The summed E-state index contributed by atoms with van der Waals surface area (Å²) in [5, 5.41) is 14.5. The topological polar surface area (TPSA) is 114 Å². The van der Waals surface area contributed by atoms with Crippen LogP contribution in [0, 0.1) is 0 Å². The number of carbonyl (C=O) groups excluding carboxylic acids is 3. The minimum absolute atomic E-state index is 0.0792. The lowest BCUT2D eigenvalue weighted by atomic mass is 10.1. The Bertz CT molecular complexity index is 639. The van der Waals surface area contributed by atoms with Crippen molar-refractivity contribution in [3.05, 3.63) is 35.9 Å². The molecule has 0 aromatic heterocycles. The molecule has 0 bridgehead atoms. The average molecular weight is 380 g/mol. The van der Waals surface area contributed by atoms with Crippen LogP contribution in [0.4, 0.5) is 4.79 Å². The number of ether oxygens (including phenoxy) is 2. The van der Waals surface area contributed by atoms with Gasteiger partial charge in [0.25, 0.3) is 0 Å². The predicted molar refractivity (Wildman–Crippen MR) is 98.7 cm³/mol. The lowest BCUT2D eigenvalue weighted by Gasteiger charge is -2.25. The maximum atomic E-state index is 12.3. The number of benzene rings is 1. The molecule has 0 saturated carbocycles. The SMILES string of the molecule is C[C@@H](NC(=O)[C@H](NC(=O)OC(C)(C)C)[C@@H](C)O)C(=O)OCc1ccccc1. The van der Waals surface area contributed by atoms with E-state index in [1.54, 1.807) is 20.8 Å². The molecule has 8 heteroatoms. The zero-order chi connectivity index (χ0) is 20.6. The summed E-state index contributed by atoms with van der Waals surface area (Å²) in [5.41, 5.74) is 0.0658. The highest BCUT2D eigenvalue weighted by Crippen LogP contribution is 2.08. The second kappa shape index (κ2) is 9.91. The number of carbonyl (C=O) groups is 3. The van der Waals surface area contributed by atoms with Crippen LogP contribution < -0.4 is 10.6 Å². The molecule has 8 nitrogen and oxygen atoms in total. The van der Waals surface area contributed by atoms with Crippen molar-refractivity contribution in [2.75, 3.05) is 0 Å². The van der Waals surface area contributed by atoms with Crippen molar-refractivity contribution in [2.24, 2.45) is 0 Å². The van der Waals surface area contributed by atoms with Crippen LogP contribution >= 0.6 is 0 Å². The molecule has 150 valence electrons. The van der Waals surface area contributed by atoms with Crippen molar-refractivity contribution in [3.8, 4) is 0 Å². The number of hydrogen-bond acceptors (Lipinski definition) is 6. The molecule has 0 radical (unpaired) electrons. The number of nitrogens with one attached hydrogen (secondary N) is 2. The van der Waals surface area contributed by atoms with E-state index in [9.17, 15) is 19.5 Å². The van der Waals surface area contributed by atoms with Crippen LogP contribution in [0.25, 0.3) is 0 Å². The molecule has 1 aromatic carbocycles. The van der Waals surface area contributed by atoms with Crippen LogP contribution in [0.2, 0.25) is 0 Å². The standard InChI is InChI=1S/C19H28N2O6/c1-12(17(24)26-11-14-9-7-6-8-10-14)20-16(23)15(13(2)22)21-18(25)27-19(3,4)5/h6-10,12-13,15,22H,11H2,1-5H3,(H,20,23)(H,21,25)/t12-,13-,15-/m1/s1. The molecule has 0 aliphatic carbocycles. The van der Waals surface area contributed by atoms with Crippen molar-refractivity contribution in [1.29, 1.82) is 0 Å². The van der Waals surface area contributed by atoms with Crippen LogP contribution in [0.15, 0.2) is 30.3 Å². The molecular formula is C19H28N2O6. The molecule has 0 spiro atoms. The van der Waals surface area contributed by atoms with E-state index in [1.807, 2.05) is 30.3 Å². The monoisotopic (exact) mass is 380 g/mol. The van der Waals surface area contributed by atoms with Gasteiger partial charge < -0.3 is 25.2 Å². The summed E-state index contributed by atoms with van der Waals surface area (Å²) in [6.07, 6.45) is -2.03. The fraction of sp³-hybridized carbons (Fsp3) is 0.526. The van der Waals surface area contributed by atoms with Gasteiger partial charge in [0.05, 0.1) is 6.10 Å². The lowest BCUT2D eigenvalue weighted by molar-refractivity contribution is -0.149. The molecule has 0 heterocycles. The number of esters is 1. The van der Waals surface area contributed by atoms with Crippen molar-refractivity contribution in [3.63, 3.8) is 0 Å². The van der Waals surface area contributed by atoms with Crippen molar-refractivity contribution >= 4 is 18.0 Å². The van der Waals surface area contributed by atoms with E-state index in [2.05, 4.69) is 10.6 Å². The zero-order valence-electron chi connectivity index (χ0n) is 16.3. The fourth-order valence-electron chi connectivity index (χ4n) is 2.06. The Morgan fingerprint density at radius 2 is 1.67 bits per heavy atom. The average Bonchev–Trinajstić information content (AvgIpc) is 2.56. The molecule has 3 atom stereocenters. The number of aliphatic hydroxyl groups is 1. The highest BCUT2D eigenvalue weighted by Gasteiger charge is 2.30. The van der Waals surface area contributed by atoms with E-state index < -0.39 is 41.8 Å². The Balaban J connectivity index is 2.58. The van der Waals surface area contributed by atoms with Gasteiger partial charge in [-0.05, 0) is 40.2 Å². The molecule has 1 rings (SSSR count). The van der Waals surface area contributed by atoms with Crippen molar-refractivity contribution in [2.45, 2.75) is 65.0 Å². The molecule has 0 aliphatic heterocycles. The van der Waals surface area contributed by atoms with Gasteiger partial charge in [0.1, 0.15) is 24.3 Å². The maximum absolute atomic E-state index is 12.3. The lowest BCUT2D eigenvalue weighted by Crippen LogP contribution is -2.55. The van der Waals surface area contributed by atoms with E-state index in [4.69, 9.17) is 9.47 Å². The number of amides is 2. The Morgan fingerprint density at radius 1 is 1.07 bits per heavy atom. The Morgan fingerprint density at radius 3 is 2.19 bits per heavy atom. The molecule has 0 unspecified atom stereocenters. The molecule has 0 fully saturated rings. The minimum Gasteiger partial charge on any atom is -0.459 e. The van der Waals surface area contributed by atoms with Gasteiger partial charge in [-0.1, -0.05) is 30.3 Å². The summed E-state index contributed by atoms with van der Waals surface area (Å²) < 4.78 is 10.2. The van der Waals surface area contributed by atoms with Gasteiger partial charge in [-0.15, -0.1) is 0 Å².